The molecule has 0 aliphatic carbocycles. The Labute approximate surface area is 123 Å². The molecule has 2 N–H and O–H groups in total. The minimum absolute atomic E-state index is 0.0221. The van der Waals surface area contributed by atoms with Gasteiger partial charge in [0.25, 0.3) is 0 Å². The van der Waals surface area contributed by atoms with Crippen LogP contribution in [0.3, 0.4) is 0 Å². The number of hydrogen-bond donors (Lipinski definition) is 2. The lowest BCUT2D eigenvalue weighted by Gasteiger charge is -2.42. The van der Waals surface area contributed by atoms with Crippen molar-refractivity contribution in [1.29, 1.82) is 0 Å². The molecule has 2 fully saturated rings. The predicted octanol–water partition coefficient (Wildman–Crippen LogP) is 1.75. The number of fused-ring (bicyclic) bond motifs is 2. The van der Waals surface area contributed by atoms with E-state index in [0.29, 0.717) is 24.0 Å². The third-order valence-electron chi connectivity index (χ3n) is 4.79. The van der Waals surface area contributed by atoms with Crippen LogP contribution in [0.15, 0.2) is 0 Å². The molecule has 2 heterocycles. The van der Waals surface area contributed by atoms with Gasteiger partial charge in [0.1, 0.15) is 0 Å². The van der Waals surface area contributed by atoms with Gasteiger partial charge in [0.05, 0.1) is 6.04 Å². The molecule has 0 aromatic carbocycles. The molecule has 116 valence electrons. The second kappa shape index (κ2) is 6.90. The lowest BCUT2D eigenvalue weighted by molar-refractivity contribution is -0.128. The minimum atomic E-state index is 0.0221. The van der Waals surface area contributed by atoms with Gasteiger partial charge >= 0.3 is 0 Å². The summed E-state index contributed by atoms with van der Waals surface area (Å²) in [7, 11) is 0. The van der Waals surface area contributed by atoms with Gasteiger partial charge in [0.2, 0.25) is 5.91 Å². The van der Waals surface area contributed by atoms with Crippen LogP contribution in [0.4, 0.5) is 0 Å². The summed E-state index contributed by atoms with van der Waals surface area (Å²) in [5.74, 6) is 0.722. The van der Waals surface area contributed by atoms with Crippen molar-refractivity contribution in [2.45, 2.75) is 77.5 Å². The first-order valence-electron chi connectivity index (χ1n) is 8.31. The van der Waals surface area contributed by atoms with Crippen LogP contribution in [0.2, 0.25) is 0 Å². The molecule has 4 heteroatoms. The van der Waals surface area contributed by atoms with Crippen LogP contribution in [0.1, 0.15) is 53.4 Å². The zero-order chi connectivity index (χ0) is 14.7. The average molecular weight is 281 g/mol. The topological polar surface area (TPSA) is 44.4 Å². The van der Waals surface area contributed by atoms with Crippen molar-refractivity contribution in [2.24, 2.45) is 5.92 Å². The molecule has 0 aromatic rings. The van der Waals surface area contributed by atoms with Crippen LogP contribution in [0.5, 0.6) is 0 Å². The molecule has 2 aliphatic heterocycles. The first-order valence-corrected chi connectivity index (χ1v) is 8.31. The van der Waals surface area contributed by atoms with E-state index >= 15 is 0 Å². The number of amides is 1. The summed E-state index contributed by atoms with van der Waals surface area (Å²) in [6.45, 7) is 10.4. The van der Waals surface area contributed by atoms with Crippen molar-refractivity contribution in [3.63, 3.8) is 0 Å². The zero-order valence-electron chi connectivity index (χ0n) is 13.5. The number of carbonyl (C=O) groups excluding carboxylic acids is 1. The Morgan fingerprint density at radius 2 is 1.80 bits per heavy atom. The Kier molecular flexibility index (Phi) is 5.44. The van der Waals surface area contributed by atoms with Gasteiger partial charge in [-0.1, -0.05) is 20.8 Å². The minimum Gasteiger partial charge on any atom is -0.354 e. The highest BCUT2D eigenvalue weighted by Crippen LogP contribution is 2.37. The molecule has 3 atom stereocenters. The summed E-state index contributed by atoms with van der Waals surface area (Å²) in [6, 6.07) is 1.86. The smallest absolute Gasteiger partial charge is 0.237 e. The Morgan fingerprint density at radius 3 is 2.30 bits per heavy atom. The first-order chi connectivity index (χ1) is 9.52. The van der Waals surface area contributed by atoms with Crippen molar-refractivity contribution < 1.29 is 4.79 Å². The SMILES string of the molecule is CCNC1CC2CCC(C1)N2C(C)C(=O)NCC(C)C. The molecular weight excluding hydrogens is 250 g/mol. The Morgan fingerprint density at radius 1 is 1.20 bits per heavy atom. The number of piperidine rings is 1. The third-order valence-corrected chi connectivity index (χ3v) is 4.79. The van der Waals surface area contributed by atoms with Crippen molar-refractivity contribution in [3.05, 3.63) is 0 Å². The quantitative estimate of drug-likeness (QED) is 0.779. The van der Waals surface area contributed by atoms with Crippen LogP contribution in [0, 0.1) is 5.92 Å². The number of nitrogens with one attached hydrogen (secondary N) is 2. The van der Waals surface area contributed by atoms with Gasteiger partial charge in [-0.3, -0.25) is 9.69 Å². The molecule has 2 rings (SSSR count). The monoisotopic (exact) mass is 281 g/mol. The zero-order valence-corrected chi connectivity index (χ0v) is 13.5. The maximum Gasteiger partial charge on any atom is 0.237 e. The van der Waals surface area contributed by atoms with Crippen molar-refractivity contribution in [2.75, 3.05) is 13.1 Å². The van der Waals surface area contributed by atoms with E-state index in [1.807, 2.05) is 0 Å². The molecule has 0 aromatic heterocycles. The standard InChI is InChI=1S/C16H31N3O/c1-5-17-13-8-14-6-7-15(9-13)19(14)12(4)16(20)18-10-11(2)3/h11-15,17H,5-10H2,1-4H3,(H,18,20). The van der Waals surface area contributed by atoms with Crippen LogP contribution >= 0.6 is 0 Å². The fraction of sp³-hybridized carbons (Fsp3) is 0.938. The van der Waals surface area contributed by atoms with Crippen molar-refractivity contribution in [1.82, 2.24) is 15.5 Å². The summed E-state index contributed by atoms with van der Waals surface area (Å²) in [4.78, 5) is 14.8. The second-order valence-corrected chi connectivity index (χ2v) is 6.87. The third kappa shape index (κ3) is 3.53. The molecule has 0 spiro atoms. The average Bonchev–Trinajstić information content (AvgIpc) is 2.67. The van der Waals surface area contributed by atoms with E-state index in [1.54, 1.807) is 0 Å². The number of hydrogen-bond acceptors (Lipinski definition) is 3. The summed E-state index contributed by atoms with van der Waals surface area (Å²) >= 11 is 0. The van der Waals surface area contributed by atoms with Crippen LogP contribution in [-0.2, 0) is 4.79 Å². The molecule has 2 saturated heterocycles. The number of nitrogens with zero attached hydrogens (tertiary/aromatic N) is 1. The van der Waals surface area contributed by atoms with E-state index in [2.05, 4.69) is 43.2 Å². The van der Waals surface area contributed by atoms with Gasteiger partial charge in [-0.15, -0.1) is 0 Å². The van der Waals surface area contributed by atoms with E-state index in [1.165, 1.54) is 25.7 Å². The normalized spacial score (nSPS) is 31.6. The van der Waals surface area contributed by atoms with Gasteiger partial charge in [0, 0.05) is 24.7 Å². The fourth-order valence-electron chi connectivity index (χ4n) is 3.89. The molecule has 1 amide bonds. The van der Waals surface area contributed by atoms with E-state index in [-0.39, 0.29) is 11.9 Å². The van der Waals surface area contributed by atoms with Gasteiger partial charge in [0.15, 0.2) is 0 Å². The highest BCUT2D eigenvalue weighted by atomic mass is 16.2. The summed E-state index contributed by atoms with van der Waals surface area (Å²) in [6.07, 6.45) is 4.92. The van der Waals surface area contributed by atoms with Crippen molar-refractivity contribution >= 4 is 5.91 Å². The Balaban J connectivity index is 1.91. The van der Waals surface area contributed by atoms with Gasteiger partial charge in [-0.25, -0.2) is 0 Å². The fourth-order valence-corrected chi connectivity index (χ4v) is 3.89. The molecule has 20 heavy (non-hydrogen) atoms. The largest absolute Gasteiger partial charge is 0.354 e. The summed E-state index contributed by atoms with van der Waals surface area (Å²) in [5.41, 5.74) is 0. The molecule has 4 nitrogen and oxygen atoms in total. The maximum atomic E-state index is 12.3. The van der Waals surface area contributed by atoms with E-state index in [4.69, 9.17) is 0 Å². The van der Waals surface area contributed by atoms with Crippen molar-refractivity contribution in [3.8, 4) is 0 Å². The van der Waals surface area contributed by atoms with E-state index in [9.17, 15) is 4.79 Å². The summed E-state index contributed by atoms with van der Waals surface area (Å²) < 4.78 is 0. The summed E-state index contributed by atoms with van der Waals surface area (Å²) in [5, 5.41) is 6.68. The van der Waals surface area contributed by atoms with Gasteiger partial charge in [-0.2, -0.15) is 0 Å². The van der Waals surface area contributed by atoms with Crippen LogP contribution in [-0.4, -0.2) is 48.1 Å². The van der Waals surface area contributed by atoms with E-state index in [0.717, 1.165) is 13.1 Å². The highest BCUT2D eigenvalue weighted by molar-refractivity contribution is 5.81. The molecule has 2 bridgehead atoms. The highest BCUT2D eigenvalue weighted by Gasteiger charge is 2.44. The molecular formula is C16H31N3O. The number of rotatable bonds is 6. The van der Waals surface area contributed by atoms with Gasteiger partial charge < -0.3 is 10.6 Å². The molecule has 3 unspecified atom stereocenters. The molecule has 0 radical (unpaired) electrons. The number of carbonyl (C=O) groups is 1. The predicted molar refractivity (Wildman–Crippen MR) is 82.7 cm³/mol. The van der Waals surface area contributed by atoms with E-state index < -0.39 is 0 Å². The first kappa shape index (κ1) is 15.8. The maximum absolute atomic E-state index is 12.3. The Bertz CT molecular complexity index is 318. The van der Waals surface area contributed by atoms with Crippen LogP contribution in [0.25, 0.3) is 0 Å². The molecule has 2 aliphatic rings. The lowest BCUT2D eigenvalue weighted by atomic mass is 9.95. The van der Waals surface area contributed by atoms with Gasteiger partial charge in [-0.05, 0) is 45.1 Å². The lowest BCUT2D eigenvalue weighted by Crippen LogP contribution is -2.56. The molecule has 0 saturated carbocycles. The second-order valence-electron chi connectivity index (χ2n) is 6.87. The van der Waals surface area contributed by atoms with Crippen LogP contribution < -0.4 is 10.6 Å². The Hall–Kier alpha value is -0.610.